The van der Waals surface area contributed by atoms with Crippen LogP contribution in [0.4, 0.5) is 5.69 Å². The second-order valence-electron chi connectivity index (χ2n) is 8.06. The van der Waals surface area contributed by atoms with Crippen molar-refractivity contribution in [2.45, 2.75) is 19.0 Å². The molecule has 1 aliphatic heterocycles. The van der Waals surface area contributed by atoms with Gasteiger partial charge in [0.2, 0.25) is 14.7 Å². The highest BCUT2D eigenvalue weighted by Crippen LogP contribution is 2.58. The van der Waals surface area contributed by atoms with Gasteiger partial charge in [-0.25, -0.2) is 0 Å². The predicted octanol–water partition coefficient (Wildman–Crippen LogP) is 2.45. The SMILES string of the molecule is [N-]=[N+]=Nc1ccc(CP(=O)(O)CP(=O)(O)CN2CCCNCCNCCCNCC2)cc1. The summed E-state index contributed by atoms with van der Waals surface area (Å²) in [5.41, 5.74) is 9.40. The Labute approximate surface area is 189 Å². The van der Waals surface area contributed by atoms with Crippen molar-refractivity contribution < 1.29 is 18.9 Å². The molecule has 1 aliphatic rings. The van der Waals surface area contributed by atoms with Gasteiger partial charge in [-0.1, -0.05) is 29.4 Å². The van der Waals surface area contributed by atoms with Crippen LogP contribution in [0.1, 0.15) is 18.4 Å². The van der Waals surface area contributed by atoms with Crippen molar-refractivity contribution in [2.75, 3.05) is 64.5 Å². The van der Waals surface area contributed by atoms with E-state index in [4.69, 9.17) is 5.53 Å². The molecule has 2 unspecified atom stereocenters. The van der Waals surface area contributed by atoms with E-state index in [-0.39, 0.29) is 12.4 Å². The Morgan fingerprint density at radius 3 is 2.19 bits per heavy atom. The third kappa shape index (κ3) is 11.6. The minimum atomic E-state index is -3.87. The fraction of sp³-hybridized carbons (Fsp3) is 0.684. The van der Waals surface area contributed by atoms with Gasteiger partial charge in [0.05, 0.1) is 12.4 Å². The Balaban J connectivity index is 1.92. The van der Waals surface area contributed by atoms with Crippen molar-refractivity contribution in [3.05, 3.63) is 40.3 Å². The van der Waals surface area contributed by atoms with Gasteiger partial charge in [-0.3, -0.25) is 14.0 Å². The van der Waals surface area contributed by atoms with E-state index < -0.39 is 20.6 Å². The fourth-order valence-electron chi connectivity index (χ4n) is 3.57. The van der Waals surface area contributed by atoms with Crippen LogP contribution in [0.15, 0.2) is 29.4 Å². The van der Waals surface area contributed by atoms with Crippen LogP contribution in [0.2, 0.25) is 0 Å². The van der Waals surface area contributed by atoms with Gasteiger partial charge in [-0.2, -0.15) is 0 Å². The van der Waals surface area contributed by atoms with Gasteiger partial charge in [-0.05, 0) is 50.1 Å². The number of benzene rings is 1. The van der Waals surface area contributed by atoms with Gasteiger partial charge in [0.25, 0.3) is 0 Å². The molecule has 0 saturated carbocycles. The lowest BCUT2D eigenvalue weighted by atomic mass is 10.2. The molecule has 180 valence electrons. The Morgan fingerprint density at radius 2 is 1.53 bits per heavy atom. The van der Waals surface area contributed by atoms with Crippen LogP contribution in [0, 0.1) is 0 Å². The largest absolute Gasteiger partial charge is 0.344 e. The summed E-state index contributed by atoms with van der Waals surface area (Å²) >= 11 is 0. The smallest absolute Gasteiger partial charge is 0.223 e. The zero-order valence-electron chi connectivity index (χ0n) is 18.4. The summed E-state index contributed by atoms with van der Waals surface area (Å²) in [6.45, 7) is 6.37. The zero-order valence-corrected chi connectivity index (χ0v) is 20.2. The molecule has 1 heterocycles. The molecule has 2 atom stereocenters. The highest BCUT2D eigenvalue weighted by Gasteiger charge is 2.32. The monoisotopic (exact) mass is 487 g/mol. The van der Waals surface area contributed by atoms with Crippen molar-refractivity contribution in [1.82, 2.24) is 20.9 Å². The number of rotatable bonds is 7. The molecule has 32 heavy (non-hydrogen) atoms. The van der Waals surface area contributed by atoms with Gasteiger partial charge < -0.3 is 25.7 Å². The first kappa shape index (κ1) is 27.0. The van der Waals surface area contributed by atoms with E-state index >= 15 is 0 Å². The summed E-state index contributed by atoms with van der Waals surface area (Å²) in [5.74, 6) is -0.619. The second-order valence-corrected chi connectivity index (χ2v) is 13.2. The topological polar surface area (TPSA) is 163 Å². The molecular formula is C19H35N7O4P2. The molecule has 5 N–H and O–H groups in total. The fourth-order valence-corrected chi connectivity index (χ4v) is 8.78. The molecule has 11 nitrogen and oxygen atoms in total. The third-order valence-electron chi connectivity index (χ3n) is 5.01. The van der Waals surface area contributed by atoms with Gasteiger partial charge in [0.15, 0.2) is 0 Å². The summed E-state index contributed by atoms with van der Waals surface area (Å²) in [4.78, 5) is 25.6. The first-order chi connectivity index (χ1) is 15.3. The maximum Gasteiger partial charge on any atom is 0.223 e. The number of hydrogen-bond donors (Lipinski definition) is 5. The average Bonchev–Trinajstić information content (AvgIpc) is 2.71. The first-order valence-electron chi connectivity index (χ1n) is 10.9. The summed E-state index contributed by atoms with van der Waals surface area (Å²) < 4.78 is 25.6. The van der Waals surface area contributed by atoms with E-state index in [1.807, 2.05) is 4.90 Å². The molecule has 1 fully saturated rings. The quantitative estimate of drug-likeness (QED) is 0.169. The molecule has 1 aromatic carbocycles. The minimum Gasteiger partial charge on any atom is -0.344 e. The van der Waals surface area contributed by atoms with Crippen LogP contribution in [-0.4, -0.2) is 79.2 Å². The average molecular weight is 487 g/mol. The number of nitrogens with zero attached hydrogens (tertiary/aromatic N) is 4. The van der Waals surface area contributed by atoms with Gasteiger partial charge in [0, 0.05) is 36.8 Å². The van der Waals surface area contributed by atoms with Crippen molar-refractivity contribution in [3.63, 3.8) is 0 Å². The van der Waals surface area contributed by atoms with Crippen molar-refractivity contribution >= 4 is 20.4 Å². The summed E-state index contributed by atoms with van der Waals surface area (Å²) in [6, 6.07) is 6.27. The summed E-state index contributed by atoms with van der Waals surface area (Å²) in [6.07, 6.45) is 1.54. The third-order valence-corrected chi connectivity index (χ3v) is 10.2. The molecule has 13 heteroatoms. The number of azide groups is 1. The number of hydrogen-bond acceptors (Lipinski definition) is 7. The highest BCUT2D eigenvalue weighted by molar-refractivity contribution is 7.74. The first-order valence-corrected chi connectivity index (χ1v) is 15.0. The Bertz CT molecular complexity index is 819. The number of nitrogens with one attached hydrogen (secondary N) is 3. The summed E-state index contributed by atoms with van der Waals surface area (Å²) in [5, 5.41) is 13.5. The van der Waals surface area contributed by atoms with E-state index in [0.717, 1.165) is 45.6 Å². The van der Waals surface area contributed by atoms with Gasteiger partial charge in [0.1, 0.15) is 5.90 Å². The van der Waals surface area contributed by atoms with E-state index in [9.17, 15) is 18.9 Å². The molecule has 0 radical (unpaired) electrons. The van der Waals surface area contributed by atoms with Crippen LogP contribution in [-0.2, 0) is 15.3 Å². The zero-order chi connectivity index (χ0) is 23.3. The highest BCUT2D eigenvalue weighted by atomic mass is 31.2. The van der Waals surface area contributed by atoms with E-state index in [1.165, 1.54) is 0 Å². The van der Waals surface area contributed by atoms with Crippen LogP contribution < -0.4 is 16.0 Å². The maximum atomic E-state index is 12.9. The molecule has 1 saturated heterocycles. The van der Waals surface area contributed by atoms with Gasteiger partial charge in [-0.15, -0.1) is 0 Å². The molecule has 0 aliphatic carbocycles. The normalized spacial score (nSPS) is 21.4. The Kier molecular flexibility index (Phi) is 11.9. The molecule has 0 amide bonds. The molecule has 1 aromatic rings. The lowest BCUT2D eigenvalue weighted by molar-refractivity contribution is 0.294. The second kappa shape index (κ2) is 14.1. The van der Waals surface area contributed by atoms with Crippen molar-refractivity contribution in [1.29, 1.82) is 0 Å². The molecular weight excluding hydrogens is 452 g/mol. The maximum absolute atomic E-state index is 12.9. The molecule has 0 spiro atoms. The molecule has 0 aromatic heterocycles. The van der Waals surface area contributed by atoms with E-state index in [0.29, 0.717) is 30.9 Å². The molecule has 2 rings (SSSR count). The van der Waals surface area contributed by atoms with Crippen molar-refractivity contribution in [2.24, 2.45) is 5.11 Å². The Hall–Kier alpha value is -1.25. The van der Waals surface area contributed by atoms with Crippen LogP contribution in [0.25, 0.3) is 10.4 Å². The lowest BCUT2D eigenvalue weighted by Gasteiger charge is -2.26. The van der Waals surface area contributed by atoms with E-state index in [2.05, 4.69) is 26.0 Å². The van der Waals surface area contributed by atoms with E-state index in [1.54, 1.807) is 24.3 Å². The lowest BCUT2D eigenvalue weighted by Crippen LogP contribution is -2.37. The predicted molar refractivity (Wildman–Crippen MR) is 128 cm³/mol. The Morgan fingerprint density at radius 1 is 0.906 bits per heavy atom. The van der Waals surface area contributed by atoms with Crippen LogP contribution >= 0.6 is 14.7 Å². The minimum absolute atomic E-state index is 0.101. The van der Waals surface area contributed by atoms with Crippen molar-refractivity contribution in [3.8, 4) is 0 Å². The standard InChI is InChI=1S/C19H35N7O4P2/c20-25-24-19-5-3-18(4-6-19)15-31(27,28)17-32(29,30)16-26-13-2-9-22-11-10-21-7-1-8-23-12-14-26/h3-6,21-23H,1-2,7-17H2,(H,27,28)(H,29,30). The molecule has 0 bridgehead atoms. The summed E-state index contributed by atoms with van der Waals surface area (Å²) in [7, 11) is -7.72. The van der Waals surface area contributed by atoms with Crippen LogP contribution in [0.3, 0.4) is 0 Å². The van der Waals surface area contributed by atoms with Gasteiger partial charge >= 0.3 is 0 Å². The van der Waals surface area contributed by atoms with Crippen LogP contribution in [0.5, 0.6) is 0 Å².